The van der Waals surface area contributed by atoms with Gasteiger partial charge in [-0.3, -0.25) is 5.10 Å². The van der Waals surface area contributed by atoms with Gasteiger partial charge in [0.15, 0.2) is 5.69 Å². The molecule has 2 heterocycles. The van der Waals surface area contributed by atoms with Gasteiger partial charge in [-0.1, -0.05) is 0 Å². The lowest BCUT2D eigenvalue weighted by Gasteiger charge is -2.07. The van der Waals surface area contributed by atoms with Crippen molar-refractivity contribution in [2.45, 2.75) is 31.8 Å². The average molecular weight is 314 g/mol. The number of nitrogens with zero attached hydrogens (tertiary/aromatic N) is 4. The lowest BCUT2D eigenvalue weighted by atomic mass is 10.4. The van der Waals surface area contributed by atoms with Crippen molar-refractivity contribution in [3.8, 4) is 0 Å². The van der Waals surface area contributed by atoms with E-state index in [1.165, 1.54) is 13.3 Å². The van der Waals surface area contributed by atoms with Crippen LogP contribution in [0.3, 0.4) is 0 Å². The van der Waals surface area contributed by atoms with Crippen LogP contribution in [0.15, 0.2) is 11.2 Å². The van der Waals surface area contributed by atoms with Crippen molar-refractivity contribution >= 4 is 16.0 Å². The highest BCUT2D eigenvalue weighted by atomic mass is 32.2. The second-order valence-corrected chi connectivity index (χ2v) is 5.89. The van der Waals surface area contributed by atoms with E-state index >= 15 is 0 Å². The van der Waals surface area contributed by atoms with Crippen LogP contribution in [0.4, 0.5) is 0 Å². The van der Waals surface area contributed by atoms with E-state index in [0.29, 0.717) is 12.4 Å². The molecule has 2 aromatic heterocycles. The first-order valence-corrected chi connectivity index (χ1v) is 7.49. The first-order chi connectivity index (χ1) is 9.86. The number of aryl methyl sites for hydroxylation is 2. The van der Waals surface area contributed by atoms with Crippen LogP contribution >= 0.6 is 0 Å². The Morgan fingerprint density at radius 1 is 1.52 bits per heavy atom. The Morgan fingerprint density at radius 3 is 2.86 bits per heavy atom. The minimum Gasteiger partial charge on any atom is -0.476 e. The van der Waals surface area contributed by atoms with E-state index in [0.717, 1.165) is 0 Å². The first kappa shape index (κ1) is 15.1. The van der Waals surface area contributed by atoms with Crippen molar-refractivity contribution in [1.82, 2.24) is 29.7 Å². The summed E-state index contributed by atoms with van der Waals surface area (Å²) in [6.07, 6.45) is 1.48. The summed E-state index contributed by atoms with van der Waals surface area (Å²) in [6, 6.07) is 0. The molecule has 0 aromatic carbocycles. The highest BCUT2D eigenvalue weighted by Crippen LogP contribution is 2.17. The average Bonchev–Trinajstić information content (AvgIpc) is 3.02. The molecule has 0 radical (unpaired) electrons. The van der Waals surface area contributed by atoms with Gasteiger partial charge in [0.05, 0.1) is 12.2 Å². The second-order valence-electron chi connectivity index (χ2n) is 4.19. The Balaban J connectivity index is 2.27. The molecule has 11 heteroatoms. The number of aromatic carboxylic acids is 1. The lowest BCUT2D eigenvalue weighted by Crippen LogP contribution is -2.26. The monoisotopic (exact) mass is 314 g/mol. The molecule has 114 valence electrons. The summed E-state index contributed by atoms with van der Waals surface area (Å²) in [4.78, 5) is 10.6. The van der Waals surface area contributed by atoms with Crippen molar-refractivity contribution in [3.05, 3.63) is 23.5 Å². The first-order valence-electron chi connectivity index (χ1n) is 6.01. The van der Waals surface area contributed by atoms with Crippen LogP contribution in [-0.4, -0.2) is 44.5 Å². The summed E-state index contributed by atoms with van der Waals surface area (Å²) >= 11 is 0. The third kappa shape index (κ3) is 2.92. The zero-order valence-corrected chi connectivity index (χ0v) is 12.2. The van der Waals surface area contributed by atoms with Crippen molar-refractivity contribution in [1.29, 1.82) is 0 Å². The predicted octanol–water partition coefficient (Wildman–Crippen LogP) is -0.494. The molecule has 2 aromatic rings. The van der Waals surface area contributed by atoms with Crippen LogP contribution in [0.1, 0.15) is 28.9 Å². The number of sulfonamides is 1. The minimum atomic E-state index is -4.03. The van der Waals surface area contributed by atoms with E-state index < -0.39 is 21.7 Å². The van der Waals surface area contributed by atoms with Gasteiger partial charge in [-0.2, -0.15) is 5.10 Å². The molecule has 0 unspecified atom stereocenters. The molecule has 0 fully saturated rings. The molecule has 0 amide bonds. The number of carboxylic acid groups (broad SMARTS) is 1. The standard InChI is InChI=1S/C10H14N6O4S/c1-3-16-5-11-14-7(16)4-12-21(19,20)9-6(2)13-15-8(9)10(17)18/h5,12H,3-4H2,1-2H3,(H,13,15)(H,17,18). The summed E-state index contributed by atoms with van der Waals surface area (Å²) in [6.45, 7) is 3.79. The third-order valence-electron chi connectivity index (χ3n) is 2.82. The summed E-state index contributed by atoms with van der Waals surface area (Å²) in [5.41, 5.74) is -0.395. The van der Waals surface area contributed by atoms with Gasteiger partial charge in [-0.25, -0.2) is 17.9 Å². The maximum absolute atomic E-state index is 12.2. The van der Waals surface area contributed by atoms with Gasteiger partial charge in [-0.05, 0) is 13.8 Å². The molecule has 0 atom stereocenters. The third-order valence-corrected chi connectivity index (χ3v) is 4.38. The number of aromatic amines is 1. The molecule has 0 aliphatic rings. The maximum atomic E-state index is 12.2. The fourth-order valence-electron chi connectivity index (χ4n) is 1.80. The summed E-state index contributed by atoms with van der Waals surface area (Å²) in [5, 5.41) is 22.3. The van der Waals surface area contributed by atoms with Crippen molar-refractivity contribution < 1.29 is 18.3 Å². The van der Waals surface area contributed by atoms with Crippen molar-refractivity contribution in [2.24, 2.45) is 0 Å². The highest BCUT2D eigenvalue weighted by Gasteiger charge is 2.28. The number of rotatable bonds is 6. The van der Waals surface area contributed by atoms with Crippen LogP contribution in [-0.2, 0) is 23.1 Å². The lowest BCUT2D eigenvalue weighted by molar-refractivity contribution is 0.0686. The molecular weight excluding hydrogens is 300 g/mol. The van der Waals surface area contributed by atoms with Crippen LogP contribution in [0.5, 0.6) is 0 Å². The fourth-order valence-corrected chi connectivity index (χ4v) is 3.10. The molecule has 0 saturated heterocycles. The minimum absolute atomic E-state index is 0.0974. The zero-order valence-electron chi connectivity index (χ0n) is 11.4. The van der Waals surface area contributed by atoms with Crippen molar-refractivity contribution in [3.63, 3.8) is 0 Å². The Bertz CT molecular complexity index is 762. The largest absolute Gasteiger partial charge is 0.476 e. The predicted molar refractivity (Wildman–Crippen MR) is 70.0 cm³/mol. The smallest absolute Gasteiger partial charge is 0.357 e. The van der Waals surface area contributed by atoms with Crippen LogP contribution in [0.2, 0.25) is 0 Å². The Labute approximate surface area is 120 Å². The van der Waals surface area contributed by atoms with Gasteiger partial charge in [0.2, 0.25) is 10.0 Å². The van der Waals surface area contributed by atoms with E-state index in [-0.39, 0.29) is 17.1 Å². The van der Waals surface area contributed by atoms with Crippen molar-refractivity contribution in [2.75, 3.05) is 0 Å². The molecule has 3 N–H and O–H groups in total. The highest BCUT2D eigenvalue weighted by molar-refractivity contribution is 7.89. The molecule has 2 rings (SSSR count). The van der Waals surface area contributed by atoms with Gasteiger partial charge < -0.3 is 9.67 Å². The number of aromatic nitrogens is 5. The van der Waals surface area contributed by atoms with Crippen LogP contribution < -0.4 is 4.72 Å². The SMILES string of the molecule is CCn1cnnc1CNS(=O)(=O)c1c(C(=O)O)n[nH]c1C. The molecule has 0 aliphatic carbocycles. The molecule has 0 bridgehead atoms. The summed E-state index contributed by atoms with van der Waals surface area (Å²) in [7, 11) is -4.03. The number of H-pyrrole nitrogens is 1. The fraction of sp³-hybridized carbons (Fsp3) is 0.400. The van der Waals surface area contributed by atoms with Crippen LogP contribution in [0.25, 0.3) is 0 Å². The molecule has 0 saturated carbocycles. The van der Waals surface area contributed by atoms with E-state index in [1.807, 2.05) is 6.92 Å². The topological polar surface area (TPSA) is 143 Å². The summed E-state index contributed by atoms with van der Waals surface area (Å²) < 4.78 is 28.5. The van der Waals surface area contributed by atoms with Crippen LogP contribution in [0, 0.1) is 6.92 Å². The molecular formula is C10H14N6O4S. The maximum Gasteiger partial charge on any atom is 0.357 e. The quantitative estimate of drug-likeness (QED) is 0.652. The molecule has 0 spiro atoms. The number of hydrogen-bond donors (Lipinski definition) is 3. The number of nitrogens with one attached hydrogen (secondary N) is 2. The number of hydrogen-bond acceptors (Lipinski definition) is 6. The Morgan fingerprint density at radius 2 is 2.24 bits per heavy atom. The number of carbonyl (C=O) groups is 1. The van der Waals surface area contributed by atoms with Gasteiger partial charge >= 0.3 is 5.97 Å². The zero-order chi connectivity index (χ0) is 15.6. The van der Waals surface area contributed by atoms with E-state index in [1.54, 1.807) is 4.57 Å². The Kier molecular flexibility index (Phi) is 4.04. The van der Waals surface area contributed by atoms with Gasteiger partial charge in [0, 0.05) is 6.54 Å². The second kappa shape index (κ2) is 5.61. The normalized spacial score (nSPS) is 11.7. The number of carboxylic acids is 1. The molecule has 21 heavy (non-hydrogen) atoms. The Hall–Kier alpha value is -2.27. The van der Waals surface area contributed by atoms with Gasteiger partial charge in [0.1, 0.15) is 17.0 Å². The van der Waals surface area contributed by atoms with Gasteiger partial charge in [0.25, 0.3) is 0 Å². The molecule has 10 nitrogen and oxygen atoms in total. The molecule has 0 aliphatic heterocycles. The van der Waals surface area contributed by atoms with Gasteiger partial charge in [-0.15, -0.1) is 10.2 Å². The summed E-state index contributed by atoms with van der Waals surface area (Å²) in [5.74, 6) is -0.990. The van der Waals surface area contributed by atoms with E-state index in [4.69, 9.17) is 5.11 Å². The van der Waals surface area contributed by atoms with E-state index in [9.17, 15) is 13.2 Å². The van der Waals surface area contributed by atoms with E-state index in [2.05, 4.69) is 25.1 Å².